The molecule has 2 amide bonds. The molecule has 2 rings (SSSR count). The first kappa shape index (κ1) is 17.7. The topological polar surface area (TPSA) is 58.2 Å². The van der Waals surface area contributed by atoms with Gasteiger partial charge in [0.2, 0.25) is 0 Å². The Morgan fingerprint density at radius 2 is 1.62 bits per heavy atom. The zero-order chi connectivity index (χ0) is 17.7. The largest absolute Gasteiger partial charge is 0.344 e. The van der Waals surface area contributed by atoms with Crippen LogP contribution in [-0.4, -0.2) is 11.8 Å². The van der Waals surface area contributed by atoms with E-state index >= 15 is 0 Å². The second kappa shape index (κ2) is 7.77. The van der Waals surface area contributed by atoms with Crippen molar-refractivity contribution >= 4 is 17.5 Å². The van der Waals surface area contributed by atoms with E-state index in [2.05, 4.69) is 24.5 Å². The second-order valence-corrected chi connectivity index (χ2v) is 6.35. The SMILES string of the molecule is Cc1ccc(NC(=O)C(=O)NCc2ccc(C(C)C)cc2)c(C)c1. The summed E-state index contributed by atoms with van der Waals surface area (Å²) in [6.45, 7) is 8.48. The molecule has 4 heteroatoms. The average Bonchev–Trinajstić information content (AvgIpc) is 2.55. The van der Waals surface area contributed by atoms with Gasteiger partial charge in [-0.2, -0.15) is 0 Å². The number of carbonyl (C=O) groups excluding carboxylic acids is 2. The molecular formula is C20H24N2O2. The Morgan fingerprint density at radius 1 is 0.958 bits per heavy atom. The van der Waals surface area contributed by atoms with E-state index < -0.39 is 11.8 Å². The van der Waals surface area contributed by atoms with Crippen molar-refractivity contribution in [1.82, 2.24) is 5.32 Å². The highest BCUT2D eigenvalue weighted by Crippen LogP contribution is 2.16. The van der Waals surface area contributed by atoms with E-state index in [0.717, 1.165) is 16.7 Å². The van der Waals surface area contributed by atoms with Crippen molar-refractivity contribution in [3.8, 4) is 0 Å². The van der Waals surface area contributed by atoms with Crippen molar-refractivity contribution in [3.63, 3.8) is 0 Å². The van der Waals surface area contributed by atoms with Gasteiger partial charge in [-0.25, -0.2) is 0 Å². The summed E-state index contributed by atoms with van der Waals surface area (Å²) in [5.41, 5.74) is 4.91. The number of amides is 2. The summed E-state index contributed by atoms with van der Waals surface area (Å²) in [4.78, 5) is 23.9. The van der Waals surface area contributed by atoms with Gasteiger partial charge >= 0.3 is 11.8 Å². The van der Waals surface area contributed by atoms with Gasteiger partial charge in [0.15, 0.2) is 0 Å². The van der Waals surface area contributed by atoms with Gasteiger partial charge in [0.05, 0.1) is 0 Å². The molecular weight excluding hydrogens is 300 g/mol. The maximum Gasteiger partial charge on any atom is 0.313 e. The van der Waals surface area contributed by atoms with Crippen LogP contribution in [0.15, 0.2) is 42.5 Å². The molecule has 0 aliphatic heterocycles. The normalized spacial score (nSPS) is 10.5. The summed E-state index contributed by atoms with van der Waals surface area (Å²) in [5, 5.41) is 5.29. The van der Waals surface area contributed by atoms with E-state index in [1.54, 1.807) is 6.07 Å². The summed E-state index contributed by atoms with van der Waals surface area (Å²) in [5.74, 6) is -0.819. The highest BCUT2D eigenvalue weighted by Gasteiger charge is 2.14. The van der Waals surface area contributed by atoms with Crippen LogP contribution in [-0.2, 0) is 16.1 Å². The first-order chi connectivity index (χ1) is 11.4. The molecule has 0 saturated carbocycles. The lowest BCUT2D eigenvalue weighted by atomic mass is 10.0. The number of aryl methyl sites for hydroxylation is 2. The van der Waals surface area contributed by atoms with Gasteiger partial charge in [-0.05, 0) is 42.5 Å². The Labute approximate surface area is 143 Å². The summed E-state index contributed by atoms with van der Waals surface area (Å²) >= 11 is 0. The van der Waals surface area contributed by atoms with E-state index in [9.17, 15) is 9.59 Å². The minimum absolute atomic E-state index is 0.331. The molecule has 0 fully saturated rings. The number of nitrogens with one attached hydrogen (secondary N) is 2. The van der Waals surface area contributed by atoms with Gasteiger partial charge in [0.25, 0.3) is 0 Å². The van der Waals surface area contributed by atoms with Crippen LogP contribution < -0.4 is 10.6 Å². The Bertz CT molecular complexity index is 734. The van der Waals surface area contributed by atoms with Crippen molar-refractivity contribution in [3.05, 3.63) is 64.7 Å². The van der Waals surface area contributed by atoms with Crippen molar-refractivity contribution in [2.45, 2.75) is 40.2 Å². The molecule has 0 aromatic heterocycles. The minimum Gasteiger partial charge on any atom is -0.344 e. The molecule has 0 radical (unpaired) electrons. The lowest BCUT2D eigenvalue weighted by Crippen LogP contribution is -2.35. The van der Waals surface area contributed by atoms with Crippen LogP contribution in [0.2, 0.25) is 0 Å². The van der Waals surface area contributed by atoms with Crippen LogP contribution in [0.1, 0.15) is 42.0 Å². The monoisotopic (exact) mass is 324 g/mol. The fourth-order valence-electron chi connectivity index (χ4n) is 2.42. The fourth-order valence-corrected chi connectivity index (χ4v) is 2.42. The van der Waals surface area contributed by atoms with Gasteiger partial charge in [-0.1, -0.05) is 55.8 Å². The first-order valence-corrected chi connectivity index (χ1v) is 8.12. The molecule has 0 unspecified atom stereocenters. The van der Waals surface area contributed by atoms with Crippen LogP contribution in [0.5, 0.6) is 0 Å². The molecule has 2 N–H and O–H groups in total. The predicted molar refractivity (Wildman–Crippen MR) is 96.9 cm³/mol. The Kier molecular flexibility index (Phi) is 5.74. The molecule has 0 spiro atoms. The predicted octanol–water partition coefficient (Wildman–Crippen LogP) is 3.68. The maximum absolute atomic E-state index is 12.0. The number of carbonyl (C=O) groups is 2. The second-order valence-electron chi connectivity index (χ2n) is 6.35. The van der Waals surface area contributed by atoms with Gasteiger partial charge in [0, 0.05) is 12.2 Å². The molecule has 2 aromatic rings. The van der Waals surface area contributed by atoms with Crippen LogP contribution in [0.4, 0.5) is 5.69 Å². The Morgan fingerprint density at radius 3 is 2.21 bits per heavy atom. The third-order valence-electron chi connectivity index (χ3n) is 3.94. The molecule has 4 nitrogen and oxygen atoms in total. The van der Waals surface area contributed by atoms with Crippen molar-refractivity contribution < 1.29 is 9.59 Å². The van der Waals surface area contributed by atoms with E-state index in [1.165, 1.54) is 5.56 Å². The number of rotatable bonds is 4. The summed E-state index contributed by atoms with van der Waals surface area (Å²) in [6.07, 6.45) is 0. The summed E-state index contributed by atoms with van der Waals surface area (Å²) in [7, 11) is 0. The van der Waals surface area contributed by atoms with Gasteiger partial charge in [-0.15, -0.1) is 0 Å². The van der Waals surface area contributed by atoms with Crippen LogP contribution >= 0.6 is 0 Å². The molecule has 126 valence electrons. The van der Waals surface area contributed by atoms with Crippen LogP contribution in [0, 0.1) is 13.8 Å². The smallest absolute Gasteiger partial charge is 0.313 e. The Hall–Kier alpha value is -2.62. The van der Waals surface area contributed by atoms with Gasteiger partial charge in [-0.3, -0.25) is 9.59 Å². The first-order valence-electron chi connectivity index (χ1n) is 8.12. The quantitative estimate of drug-likeness (QED) is 0.843. The minimum atomic E-state index is -0.652. The molecule has 24 heavy (non-hydrogen) atoms. The number of anilines is 1. The highest BCUT2D eigenvalue weighted by atomic mass is 16.2. The third-order valence-corrected chi connectivity index (χ3v) is 3.94. The standard InChI is InChI=1S/C20H24N2O2/c1-13(2)17-8-6-16(7-9-17)12-21-19(23)20(24)22-18-10-5-14(3)11-15(18)4/h5-11,13H,12H2,1-4H3,(H,21,23)(H,22,24). The summed E-state index contributed by atoms with van der Waals surface area (Å²) in [6, 6.07) is 13.7. The molecule has 0 heterocycles. The molecule has 0 aliphatic rings. The van der Waals surface area contributed by atoms with Gasteiger partial charge in [0.1, 0.15) is 0 Å². The van der Waals surface area contributed by atoms with E-state index in [1.807, 2.05) is 50.2 Å². The van der Waals surface area contributed by atoms with E-state index in [-0.39, 0.29) is 0 Å². The number of hydrogen-bond acceptors (Lipinski definition) is 2. The van der Waals surface area contributed by atoms with Crippen molar-refractivity contribution in [1.29, 1.82) is 0 Å². The molecule has 2 aromatic carbocycles. The zero-order valence-corrected chi connectivity index (χ0v) is 14.6. The molecule has 0 aliphatic carbocycles. The van der Waals surface area contributed by atoms with Crippen molar-refractivity contribution in [2.75, 3.05) is 5.32 Å². The number of hydrogen-bond donors (Lipinski definition) is 2. The van der Waals surface area contributed by atoms with E-state index in [4.69, 9.17) is 0 Å². The summed E-state index contributed by atoms with van der Waals surface area (Å²) < 4.78 is 0. The number of benzene rings is 2. The van der Waals surface area contributed by atoms with Crippen LogP contribution in [0.25, 0.3) is 0 Å². The van der Waals surface area contributed by atoms with Gasteiger partial charge < -0.3 is 10.6 Å². The molecule has 0 saturated heterocycles. The van der Waals surface area contributed by atoms with Crippen molar-refractivity contribution in [2.24, 2.45) is 0 Å². The average molecular weight is 324 g/mol. The highest BCUT2D eigenvalue weighted by molar-refractivity contribution is 6.39. The van der Waals surface area contributed by atoms with E-state index in [0.29, 0.717) is 18.2 Å². The van der Waals surface area contributed by atoms with Crippen LogP contribution in [0.3, 0.4) is 0 Å². The Balaban J connectivity index is 1.90. The lowest BCUT2D eigenvalue weighted by Gasteiger charge is -2.10. The molecule has 0 atom stereocenters. The maximum atomic E-state index is 12.0. The fraction of sp³-hybridized carbons (Fsp3) is 0.300. The molecule has 0 bridgehead atoms. The zero-order valence-electron chi connectivity index (χ0n) is 14.6. The lowest BCUT2D eigenvalue weighted by molar-refractivity contribution is -0.136. The third kappa shape index (κ3) is 4.69.